The third kappa shape index (κ3) is 12.7. The van der Waals surface area contributed by atoms with Crippen LogP contribution in [0.5, 0.6) is 5.75 Å². The number of guanidine groups is 1. The normalized spacial score (nSPS) is 14.7. The fourth-order valence-electron chi connectivity index (χ4n) is 3.42. The maximum absolute atomic E-state index is 13.3. The first kappa shape index (κ1) is 33.5. The number of aliphatic hydroxyl groups is 1. The summed E-state index contributed by atoms with van der Waals surface area (Å²) in [5.74, 6) is -3.09. The van der Waals surface area contributed by atoms with Gasteiger partial charge in [-0.15, -0.1) is 0 Å². The van der Waals surface area contributed by atoms with Crippen LogP contribution in [0.3, 0.4) is 0 Å². The van der Waals surface area contributed by atoms with Crippen molar-refractivity contribution in [1.29, 1.82) is 0 Å². The molecule has 12 N–H and O–H groups in total. The molecule has 0 spiro atoms. The molecule has 5 unspecified atom stereocenters. The fourth-order valence-corrected chi connectivity index (χ4v) is 3.91. The largest absolute Gasteiger partial charge is 0.508 e. The van der Waals surface area contributed by atoms with Crippen molar-refractivity contribution < 1.29 is 34.5 Å². The molecule has 39 heavy (non-hydrogen) atoms. The topological polar surface area (TPSA) is 255 Å². The van der Waals surface area contributed by atoms with Gasteiger partial charge in [-0.05, 0) is 55.9 Å². The molecule has 1 rings (SSSR count). The summed E-state index contributed by atoms with van der Waals surface area (Å²) in [6.07, 6.45) is 1.19. The summed E-state index contributed by atoms with van der Waals surface area (Å²) in [5, 5.41) is 36.1. The van der Waals surface area contributed by atoms with E-state index >= 15 is 0 Å². The number of rotatable bonds is 17. The fraction of sp³-hybridized carbons (Fsp3) is 0.542. The number of carboxylic acid groups (broad SMARTS) is 1. The Labute approximate surface area is 231 Å². The second-order valence-corrected chi connectivity index (χ2v) is 9.88. The second kappa shape index (κ2) is 17.1. The lowest BCUT2D eigenvalue weighted by molar-refractivity contribution is -0.145. The van der Waals surface area contributed by atoms with Crippen LogP contribution in [-0.4, -0.2) is 93.8 Å². The average molecular weight is 570 g/mol. The van der Waals surface area contributed by atoms with Gasteiger partial charge in [0.25, 0.3) is 0 Å². The third-order valence-corrected chi connectivity index (χ3v) is 6.25. The maximum atomic E-state index is 13.3. The summed E-state index contributed by atoms with van der Waals surface area (Å²) in [6, 6.07) is 0.980. The van der Waals surface area contributed by atoms with Gasteiger partial charge in [0.15, 0.2) is 12.0 Å². The molecule has 1 aromatic rings. The van der Waals surface area contributed by atoms with Crippen LogP contribution in [0.15, 0.2) is 29.3 Å². The summed E-state index contributed by atoms with van der Waals surface area (Å²) in [5.41, 5.74) is 17.2. The molecule has 15 heteroatoms. The number of carboxylic acids is 1. The molecule has 1 aromatic carbocycles. The van der Waals surface area contributed by atoms with Crippen LogP contribution in [0.2, 0.25) is 0 Å². The molecular formula is C24H39N7O7S. The smallest absolute Gasteiger partial charge is 0.328 e. The van der Waals surface area contributed by atoms with Gasteiger partial charge in [0.2, 0.25) is 17.7 Å². The number of aliphatic imine (C=N–C) groups is 1. The first-order chi connectivity index (χ1) is 18.3. The zero-order valence-corrected chi connectivity index (χ0v) is 22.8. The number of phenols is 1. The number of amides is 3. The number of carbonyl (C=O) groups excluding carboxylic acids is 3. The van der Waals surface area contributed by atoms with E-state index < -0.39 is 54.0 Å². The van der Waals surface area contributed by atoms with Crippen molar-refractivity contribution in [3.63, 3.8) is 0 Å². The predicted molar refractivity (Wildman–Crippen MR) is 148 cm³/mol. The van der Waals surface area contributed by atoms with Crippen molar-refractivity contribution in [2.24, 2.45) is 22.2 Å². The molecule has 0 saturated heterocycles. The van der Waals surface area contributed by atoms with E-state index in [2.05, 4.69) is 20.9 Å². The number of phenolic OH excluding ortho intramolecular Hbond substituents is 1. The standard InChI is InChI=1S/C24H39N7O7S/c1-13(32)19(23(37)38)31-22(36)18(12-14-5-7-15(33)8-6-14)30-21(35)17(4-3-10-28-24(26)27)29-20(34)16(25)9-11-39-2/h5-8,13,16-19,32-33H,3-4,9-12,25H2,1-2H3,(H,29,34)(H,30,35)(H,31,36)(H,37,38)(H4,26,27,28). The van der Waals surface area contributed by atoms with E-state index in [1.807, 2.05) is 6.26 Å². The van der Waals surface area contributed by atoms with Crippen LogP contribution < -0.4 is 33.2 Å². The molecule has 0 fully saturated rings. The number of benzene rings is 1. The van der Waals surface area contributed by atoms with E-state index in [0.29, 0.717) is 24.2 Å². The Hall–Kier alpha value is -3.56. The van der Waals surface area contributed by atoms with Crippen molar-refractivity contribution in [1.82, 2.24) is 16.0 Å². The Balaban J connectivity index is 3.17. The van der Waals surface area contributed by atoms with Crippen molar-refractivity contribution >= 4 is 41.4 Å². The van der Waals surface area contributed by atoms with Gasteiger partial charge in [-0.3, -0.25) is 19.4 Å². The molecule has 0 heterocycles. The number of hydrogen-bond acceptors (Lipinski definition) is 9. The number of nitrogens with two attached hydrogens (primary N) is 3. The van der Waals surface area contributed by atoms with Gasteiger partial charge in [0.1, 0.15) is 17.8 Å². The third-order valence-electron chi connectivity index (χ3n) is 5.60. The van der Waals surface area contributed by atoms with Crippen LogP contribution in [0.4, 0.5) is 0 Å². The molecule has 0 aliphatic heterocycles. The summed E-state index contributed by atoms with van der Waals surface area (Å²) in [7, 11) is 0. The molecule has 218 valence electrons. The highest BCUT2D eigenvalue weighted by Gasteiger charge is 2.32. The predicted octanol–water partition coefficient (Wildman–Crippen LogP) is -2.01. The monoisotopic (exact) mass is 569 g/mol. The molecule has 0 aromatic heterocycles. The highest BCUT2D eigenvalue weighted by Crippen LogP contribution is 2.12. The van der Waals surface area contributed by atoms with E-state index in [4.69, 9.17) is 17.2 Å². The zero-order chi connectivity index (χ0) is 29.5. The van der Waals surface area contributed by atoms with Crippen molar-refractivity contribution in [3.8, 4) is 5.75 Å². The number of carbonyl (C=O) groups is 4. The molecule has 0 radical (unpaired) electrons. The highest BCUT2D eigenvalue weighted by atomic mass is 32.2. The molecule has 3 amide bonds. The molecule has 0 aliphatic rings. The molecule has 0 bridgehead atoms. The summed E-state index contributed by atoms with van der Waals surface area (Å²) in [6.45, 7) is 1.39. The minimum atomic E-state index is -1.62. The van der Waals surface area contributed by atoms with Crippen LogP contribution in [-0.2, 0) is 25.6 Å². The zero-order valence-electron chi connectivity index (χ0n) is 22.0. The molecule has 5 atom stereocenters. The van der Waals surface area contributed by atoms with Gasteiger partial charge in [-0.1, -0.05) is 12.1 Å². The van der Waals surface area contributed by atoms with E-state index in [1.165, 1.54) is 43.0 Å². The van der Waals surface area contributed by atoms with Gasteiger partial charge in [-0.2, -0.15) is 11.8 Å². The second-order valence-electron chi connectivity index (χ2n) is 8.89. The van der Waals surface area contributed by atoms with Crippen LogP contribution >= 0.6 is 11.8 Å². The highest BCUT2D eigenvalue weighted by molar-refractivity contribution is 7.98. The summed E-state index contributed by atoms with van der Waals surface area (Å²) >= 11 is 1.52. The quantitative estimate of drug-likeness (QED) is 0.0562. The number of aromatic hydroxyl groups is 1. The number of aliphatic carboxylic acids is 1. The van der Waals surface area contributed by atoms with Gasteiger partial charge in [0, 0.05) is 13.0 Å². The van der Waals surface area contributed by atoms with Crippen molar-refractivity contribution in [2.45, 2.75) is 62.9 Å². The summed E-state index contributed by atoms with van der Waals surface area (Å²) in [4.78, 5) is 54.4. The number of aliphatic hydroxyl groups excluding tert-OH is 1. The number of nitrogens with one attached hydrogen (secondary N) is 3. The molecular weight excluding hydrogens is 530 g/mol. The average Bonchev–Trinajstić information content (AvgIpc) is 2.87. The first-order valence-corrected chi connectivity index (χ1v) is 13.6. The Kier molecular flexibility index (Phi) is 14.7. The van der Waals surface area contributed by atoms with Crippen LogP contribution in [0.25, 0.3) is 0 Å². The molecule has 14 nitrogen and oxygen atoms in total. The van der Waals surface area contributed by atoms with Crippen LogP contribution in [0, 0.1) is 0 Å². The lowest BCUT2D eigenvalue weighted by atomic mass is 10.0. The number of hydrogen-bond donors (Lipinski definition) is 9. The van der Waals surface area contributed by atoms with E-state index in [0.717, 1.165) is 0 Å². The Bertz CT molecular complexity index is 988. The van der Waals surface area contributed by atoms with Crippen molar-refractivity contribution in [3.05, 3.63) is 29.8 Å². The minimum Gasteiger partial charge on any atom is -0.508 e. The summed E-state index contributed by atoms with van der Waals surface area (Å²) < 4.78 is 0. The van der Waals surface area contributed by atoms with Gasteiger partial charge < -0.3 is 48.5 Å². The van der Waals surface area contributed by atoms with Crippen molar-refractivity contribution in [2.75, 3.05) is 18.6 Å². The SMILES string of the molecule is CSCCC(N)C(=O)NC(CCCN=C(N)N)C(=O)NC(Cc1ccc(O)cc1)C(=O)NC(C(=O)O)C(C)O. The first-order valence-electron chi connectivity index (χ1n) is 12.3. The van der Waals surface area contributed by atoms with E-state index in [1.54, 1.807) is 0 Å². The van der Waals surface area contributed by atoms with E-state index in [9.17, 15) is 34.5 Å². The maximum Gasteiger partial charge on any atom is 0.328 e. The van der Waals surface area contributed by atoms with Gasteiger partial charge >= 0.3 is 5.97 Å². The van der Waals surface area contributed by atoms with Gasteiger partial charge in [-0.25, -0.2) is 4.79 Å². The lowest BCUT2D eigenvalue weighted by Gasteiger charge is -2.26. The number of thioether (sulfide) groups is 1. The lowest BCUT2D eigenvalue weighted by Crippen LogP contribution is -2.58. The Morgan fingerprint density at radius 1 is 0.974 bits per heavy atom. The van der Waals surface area contributed by atoms with Crippen LogP contribution in [0.1, 0.15) is 31.7 Å². The van der Waals surface area contributed by atoms with E-state index in [-0.39, 0.29) is 31.1 Å². The number of nitrogens with zero attached hydrogens (tertiary/aromatic N) is 1. The molecule has 0 saturated carbocycles. The Morgan fingerprint density at radius 2 is 1.56 bits per heavy atom. The van der Waals surface area contributed by atoms with Gasteiger partial charge in [0.05, 0.1) is 12.1 Å². The molecule has 0 aliphatic carbocycles. The Morgan fingerprint density at radius 3 is 2.10 bits per heavy atom. The minimum absolute atomic E-state index is 0.00908.